The lowest BCUT2D eigenvalue weighted by Gasteiger charge is -1.95. The average Bonchev–Trinajstić information content (AvgIpc) is 2.04. The summed E-state index contributed by atoms with van der Waals surface area (Å²) in [5.74, 6) is -0.486. The van der Waals surface area contributed by atoms with E-state index >= 15 is 0 Å². The number of aldehydes is 1. The van der Waals surface area contributed by atoms with Gasteiger partial charge in [0.25, 0.3) is 0 Å². The zero-order valence-corrected chi connectivity index (χ0v) is 6.37. The highest BCUT2D eigenvalue weighted by Gasteiger charge is 1.91. The molecule has 0 radical (unpaired) electrons. The van der Waals surface area contributed by atoms with Crippen molar-refractivity contribution in [1.82, 2.24) is 0 Å². The van der Waals surface area contributed by atoms with Gasteiger partial charge in [-0.2, -0.15) is 0 Å². The summed E-state index contributed by atoms with van der Waals surface area (Å²) in [5.41, 5.74) is 0.543. The quantitative estimate of drug-likeness (QED) is 0.342. The van der Waals surface area contributed by atoms with E-state index in [-0.39, 0.29) is 6.61 Å². The van der Waals surface area contributed by atoms with Crippen molar-refractivity contribution in [3.8, 4) is 0 Å². The van der Waals surface area contributed by atoms with E-state index in [0.29, 0.717) is 11.9 Å². The molecule has 0 bridgehead atoms. The zero-order valence-electron chi connectivity index (χ0n) is 6.37. The Balaban J connectivity index is 3.64. The van der Waals surface area contributed by atoms with Crippen LogP contribution in [-0.4, -0.2) is 18.9 Å². The Kier molecular flexibility index (Phi) is 4.73. The third-order valence-corrected chi connectivity index (χ3v) is 0.983. The second-order valence-corrected chi connectivity index (χ2v) is 1.90. The maximum Gasteiger partial charge on any atom is 0.330 e. The van der Waals surface area contributed by atoms with Crippen LogP contribution >= 0.6 is 0 Å². The van der Waals surface area contributed by atoms with Gasteiger partial charge in [0, 0.05) is 6.08 Å². The summed E-state index contributed by atoms with van der Waals surface area (Å²) in [4.78, 5) is 20.4. The minimum atomic E-state index is -0.486. The molecule has 3 nitrogen and oxygen atoms in total. The Morgan fingerprint density at radius 1 is 1.64 bits per heavy atom. The topological polar surface area (TPSA) is 43.4 Å². The van der Waals surface area contributed by atoms with Gasteiger partial charge >= 0.3 is 5.97 Å². The Labute approximate surface area is 65.4 Å². The van der Waals surface area contributed by atoms with E-state index in [1.807, 2.05) is 0 Å². The summed E-state index contributed by atoms with van der Waals surface area (Å²) in [5, 5.41) is 0. The Hall–Kier alpha value is -1.38. The first kappa shape index (κ1) is 9.62. The fraction of sp³-hybridized carbons (Fsp3) is 0.250. The van der Waals surface area contributed by atoms with Crippen LogP contribution in [0.1, 0.15) is 6.92 Å². The normalized spacial score (nSPS) is 10.5. The molecule has 0 atom stereocenters. The molecule has 0 amide bonds. The molecule has 0 N–H and O–H groups in total. The number of esters is 1. The first-order valence-corrected chi connectivity index (χ1v) is 3.12. The summed E-state index contributed by atoms with van der Waals surface area (Å²) in [6.07, 6.45) is 3.29. The Morgan fingerprint density at radius 3 is 2.73 bits per heavy atom. The predicted molar refractivity (Wildman–Crippen MR) is 41.0 cm³/mol. The highest BCUT2D eigenvalue weighted by atomic mass is 16.5. The third-order valence-electron chi connectivity index (χ3n) is 0.983. The minimum absolute atomic E-state index is 0.120. The van der Waals surface area contributed by atoms with Crippen LogP contribution in [0.15, 0.2) is 24.3 Å². The molecular weight excluding hydrogens is 144 g/mol. The molecule has 0 aliphatic heterocycles. The SMILES string of the molecule is C=CC(=O)OCC=C(C)C=O. The number of carbonyl (C=O) groups is 2. The van der Waals surface area contributed by atoms with Crippen LogP contribution in [0.5, 0.6) is 0 Å². The van der Waals surface area contributed by atoms with E-state index in [4.69, 9.17) is 0 Å². The molecule has 0 saturated carbocycles. The highest BCUT2D eigenvalue weighted by Crippen LogP contribution is 1.87. The number of carbonyl (C=O) groups excluding carboxylic acids is 2. The molecule has 0 spiro atoms. The van der Waals surface area contributed by atoms with Crippen molar-refractivity contribution in [2.24, 2.45) is 0 Å². The predicted octanol–water partition coefficient (Wildman–Crippen LogP) is 0.861. The van der Waals surface area contributed by atoms with Crippen molar-refractivity contribution in [3.05, 3.63) is 24.3 Å². The Bertz CT molecular complexity index is 192. The van der Waals surface area contributed by atoms with Gasteiger partial charge in [-0.05, 0) is 18.6 Å². The van der Waals surface area contributed by atoms with Crippen molar-refractivity contribution >= 4 is 12.3 Å². The molecule has 0 saturated heterocycles. The van der Waals surface area contributed by atoms with Crippen LogP contribution < -0.4 is 0 Å². The second-order valence-electron chi connectivity index (χ2n) is 1.90. The van der Waals surface area contributed by atoms with E-state index in [1.165, 1.54) is 6.08 Å². The number of allylic oxidation sites excluding steroid dienone is 1. The minimum Gasteiger partial charge on any atom is -0.458 e. The van der Waals surface area contributed by atoms with Crippen LogP contribution in [0.4, 0.5) is 0 Å². The highest BCUT2D eigenvalue weighted by molar-refractivity contribution is 5.81. The lowest BCUT2D eigenvalue weighted by Crippen LogP contribution is -1.99. The fourth-order valence-corrected chi connectivity index (χ4v) is 0.362. The monoisotopic (exact) mass is 154 g/mol. The van der Waals surface area contributed by atoms with E-state index in [9.17, 15) is 9.59 Å². The number of hydrogen-bond donors (Lipinski definition) is 0. The van der Waals surface area contributed by atoms with Crippen molar-refractivity contribution in [2.45, 2.75) is 6.92 Å². The van der Waals surface area contributed by atoms with Crippen LogP contribution in [0.3, 0.4) is 0 Å². The van der Waals surface area contributed by atoms with Gasteiger partial charge < -0.3 is 4.74 Å². The number of hydrogen-bond acceptors (Lipinski definition) is 3. The smallest absolute Gasteiger partial charge is 0.330 e. The van der Waals surface area contributed by atoms with Gasteiger partial charge in [-0.1, -0.05) is 6.58 Å². The lowest BCUT2D eigenvalue weighted by atomic mass is 10.3. The molecule has 3 heteroatoms. The summed E-state index contributed by atoms with van der Waals surface area (Å²) < 4.78 is 4.57. The van der Waals surface area contributed by atoms with Crippen LogP contribution in [0.2, 0.25) is 0 Å². The third kappa shape index (κ3) is 5.08. The second kappa shape index (κ2) is 5.41. The largest absolute Gasteiger partial charge is 0.458 e. The molecule has 0 unspecified atom stereocenters. The summed E-state index contributed by atoms with van der Waals surface area (Å²) in [6, 6.07) is 0. The maximum atomic E-state index is 10.4. The number of rotatable bonds is 4. The van der Waals surface area contributed by atoms with Crippen molar-refractivity contribution in [3.63, 3.8) is 0 Å². The van der Waals surface area contributed by atoms with Crippen molar-refractivity contribution < 1.29 is 14.3 Å². The van der Waals surface area contributed by atoms with Gasteiger partial charge in [0.15, 0.2) is 0 Å². The van der Waals surface area contributed by atoms with Gasteiger partial charge in [0.2, 0.25) is 0 Å². The molecular formula is C8H10O3. The van der Waals surface area contributed by atoms with Crippen LogP contribution in [-0.2, 0) is 14.3 Å². The zero-order chi connectivity index (χ0) is 8.69. The molecule has 0 aromatic carbocycles. The van der Waals surface area contributed by atoms with Gasteiger partial charge in [0.1, 0.15) is 12.9 Å². The molecule has 0 aromatic rings. The summed E-state index contributed by atoms with van der Waals surface area (Å²) >= 11 is 0. The molecule has 0 heterocycles. The van der Waals surface area contributed by atoms with Crippen molar-refractivity contribution in [1.29, 1.82) is 0 Å². The number of ether oxygens (including phenoxy) is 1. The molecule has 0 aliphatic rings. The standard InChI is InChI=1S/C8H10O3/c1-3-8(10)11-5-4-7(2)6-9/h3-4,6H,1,5H2,2H3. The average molecular weight is 154 g/mol. The molecule has 60 valence electrons. The fourth-order valence-electron chi connectivity index (χ4n) is 0.362. The van der Waals surface area contributed by atoms with Gasteiger partial charge in [0.05, 0.1) is 0 Å². The molecule has 11 heavy (non-hydrogen) atoms. The van der Waals surface area contributed by atoms with Crippen molar-refractivity contribution in [2.75, 3.05) is 6.61 Å². The summed E-state index contributed by atoms with van der Waals surface area (Å²) in [6.45, 7) is 4.97. The van der Waals surface area contributed by atoms with E-state index in [2.05, 4.69) is 11.3 Å². The van der Waals surface area contributed by atoms with E-state index in [0.717, 1.165) is 6.08 Å². The molecule has 0 aromatic heterocycles. The molecule has 0 rings (SSSR count). The maximum absolute atomic E-state index is 10.4. The first-order valence-electron chi connectivity index (χ1n) is 3.12. The Morgan fingerprint density at radius 2 is 2.27 bits per heavy atom. The molecule has 0 fully saturated rings. The van der Waals surface area contributed by atoms with Gasteiger partial charge in [-0.3, -0.25) is 4.79 Å². The lowest BCUT2D eigenvalue weighted by molar-refractivity contribution is -0.136. The van der Waals surface area contributed by atoms with E-state index < -0.39 is 5.97 Å². The van der Waals surface area contributed by atoms with Crippen LogP contribution in [0, 0.1) is 0 Å². The van der Waals surface area contributed by atoms with E-state index in [1.54, 1.807) is 6.92 Å². The summed E-state index contributed by atoms with van der Waals surface area (Å²) in [7, 11) is 0. The van der Waals surface area contributed by atoms with Gasteiger partial charge in [-0.15, -0.1) is 0 Å². The van der Waals surface area contributed by atoms with Gasteiger partial charge in [-0.25, -0.2) is 4.79 Å². The van der Waals surface area contributed by atoms with Crippen LogP contribution in [0.25, 0.3) is 0 Å². The first-order chi connectivity index (χ1) is 5.20. The molecule has 0 aliphatic carbocycles.